The van der Waals surface area contributed by atoms with E-state index in [1.807, 2.05) is 0 Å². The van der Waals surface area contributed by atoms with Crippen molar-refractivity contribution in [2.75, 3.05) is 25.4 Å². The van der Waals surface area contributed by atoms with Crippen molar-refractivity contribution in [3.05, 3.63) is 23.8 Å². The maximum Gasteiger partial charge on any atom is 0.259 e. The Balaban J connectivity index is 3.01. The van der Waals surface area contributed by atoms with Crippen LogP contribution in [-0.2, 0) is 11.3 Å². The van der Waals surface area contributed by atoms with Crippen molar-refractivity contribution < 1.29 is 18.6 Å². The van der Waals surface area contributed by atoms with Gasteiger partial charge in [-0.2, -0.15) is 0 Å². The van der Waals surface area contributed by atoms with Crippen LogP contribution in [0.3, 0.4) is 0 Å². The van der Waals surface area contributed by atoms with E-state index in [-0.39, 0.29) is 0 Å². The van der Waals surface area contributed by atoms with Gasteiger partial charge in [0.15, 0.2) is 0 Å². The molecule has 1 aromatic rings. The van der Waals surface area contributed by atoms with E-state index in [1.165, 1.54) is 7.11 Å². The van der Waals surface area contributed by atoms with Gasteiger partial charge in [-0.3, -0.25) is 9.27 Å². The molecule has 2 unspecified atom stereocenters. The smallest absolute Gasteiger partial charge is 0.259 e. The summed E-state index contributed by atoms with van der Waals surface area (Å²) in [6.07, 6.45) is -0.746. The molecule has 0 spiro atoms. The lowest BCUT2D eigenvalue weighted by Crippen LogP contribution is -2.17. The summed E-state index contributed by atoms with van der Waals surface area (Å²) in [6.45, 7) is 0.363. The van der Waals surface area contributed by atoms with Gasteiger partial charge >= 0.3 is 0 Å². The second-order valence-corrected chi connectivity index (χ2v) is 4.08. The molecular weight excluding hydrogens is 244 g/mol. The molecular formula is C10H16N2O4S. The van der Waals surface area contributed by atoms with E-state index in [4.69, 9.17) is 9.29 Å². The Kier molecular flexibility index (Phi) is 5.36. The Labute approximate surface area is 102 Å². The fourth-order valence-electron chi connectivity index (χ4n) is 1.46. The first-order valence-corrected chi connectivity index (χ1v) is 6.07. The molecule has 0 heterocycles. The third-order valence-corrected chi connectivity index (χ3v) is 2.60. The molecule has 6 nitrogen and oxygen atoms in total. The molecule has 0 saturated carbocycles. The molecule has 1 rings (SSSR count). The summed E-state index contributed by atoms with van der Waals surface area (Å²) in [6, 6.07) is 4.81. The van der Waals surface area contributed by atoms with Crippen LogP contribution >= 0.6 is 0 Å². The van der Waals surface area contributed by atoms with Crippen molar-refractivity contribution in [3.63, 3.8) is 0 Å². The lowest BCUT2D eigenvalue weighted by Gasteiger charge is -2.15. The highest BCUT2D eigenvalue weighted by Crippen LogP contribution is 2.28. The third-order valence-electron chi connectivity index (χ3n) is 2.19. The molecule has 0 aliphatic rings. The van der Waals surface area contributed by atoms with Crippen LogP contribution in [0.5, 0.6) is 5.75 Å². The van der Waals surface area contributed by atoms with E-state index in [2.05, 4.69) is 10.0 Å². The van der Waals surface area contributed by atoms with Crippen molar-refractivity contribution in [2.24, 2.45) is 0 Å². The number of anilines is 1. The second-order valence-electron chi connectivity index (χ2n) is 3.38. The molecule has 1 aromatic carbocycles. The highest BCUT2D eigenvalue weighted by atomic mass is 32.2. The SMILES string of the molecule is CNCC(O)c1cc(NS(=O)O)ccc1OC. The predicted octanol–water partition coefficient (Wildman–Crippen LogP) is 0.497. The van der Waals surface area contributed by atoms with Crippen LogP contribution in [0.1, 0.15) is 11.7 Å². The number of nitrogens with one attached hydrogen (secondary N) is 2. The molecule has 96 valence electrons. The van der Waals surface area contributed by atoms with Gasteiger partial charge in [-0.1, -0.05) is 0 Å². The number of ether oxygens (including phenoxy) is 1. The number of likely N-dealkylation sites (N-methyl/N-ethyl adjacent to an activating group) is 1. The van der Waals surface area contributed by atoms with Crippen LogP contribution in [0, 0.1) is 0 Å². The number of aliphatic hydroxyl groups excluding tert-OH is 1. The average Bonchev–Trinajstić information content (AvgIpc) is 2.28. The van der Waals surface area contributed by atoms with Gasteiger partial charge in [-0.25, -0.2) is 4.21 Å². The van der Waals surface area contributed by atoms with Crippen LogP contribution in [0.15, 0.2) is 18.2 Å². The van der Waals surface area contributed by atoms with Crippen molar-refractivity contribution in [1.82, 2.24) is 5.32 Å². The molecule has 0 aromatic heterocycles. The molecule has 0 aliphatic heterocycles. The summed E-state index contributed by atoms with van der Waals surface area (Å²) < 4.78 is 26.8. The lowest BCUT2D eigenvalue weighted by atomic mass is 10.1. The zero-order chi connectivity index (χ0) is 12.8. The first-order valence-electron chi connectivity index (χ1n) is 4.96. The molecule has 0 saturated heterocycles. The average molecular weight is 260 g/mol. The van der Waals surface area contributed by atoms with Crippen molar-refractivity contribution in [3.8, 4) is 5.75 Å². The topological polar surface area (TPSA) is 90.8 Å². The van der Waals surface area contributed by atoms with E-state index < -0.39 is 17.4 Å². The third kappa shape index (κ3) is 3.97. The van der Waals surface area contributed by atoms with Gasteiger partial charge < -0.3 is 15.2 Å². The second kappa shape index (κ2) is 6.55. The fraction of sp³-hybridized carbons (Fsp3) is 0.400. The van der Waals surface area contributed by atoms with Crippen molar-refractivity contribution >= 4 is 17.0 Å². The van der Waals surface area contributed by atoms with Gasteiger partial charge in [0.05, 0.1) is 13.2 Å². The molecule has 17 heavy (non-hydrogen) atoms. The first kappa shape index (κ1) is 13.9. The minimum absolute atomic E-state index is 0.363. The Bertz CT molecular complexity index is 400. The van der Waals surface area contributed by atoms with Crippen LogP contribution in [-0.4, -0.2) is 34.6 Å². The largest absolute Gasteiger partial charge is 0.496 e. The number of rotatable bonds is 6. The summed E-state index contributed by atoms with van der Waals surface area (Å²) >= 11 is -2.14. The van der Waals surface area contributed by atoms with Gasteiger partial charge in [0.1, 0.15) is 5.75 Å². The summed E-state index contributed by atoms with van der Waals surface area (Å²) in [4.78, 5) is 0. The minimum atomic E-state index is -2.14. The van der Waals surface area contributed by atoms with Crippen LogP contribution < -0.4 is 14.8 Å². The highest BCUT2D eigenvalue weighted by molar-refractivity contribution is 7.80. The standard InChI is InChI=1S/C10H16N2O4S/c1-11-6-9(13)8-5-7(12-17(14)15)3-4-10(8)16-2/h3-5,9,11-13H,6H2,1-2H3,(H,14,15). The van der Waals surface area contributed by atoms with E-state index in [1.54, 1.807) is 25.2 Å². The van der Waals surface area contributed by atoms with Crippen LogP contribution in [0.2, 0.25) is 0 Å². The van der Waals surface area contributed by atoms with Gasteiger partial charge in [0.2, 0.25) is 0 Å². The molecule has 0 aliphatic carbocycles. The number of hydrogen-bond donors (Lipinski definition) is 4. The molecule has 0 fully saturated rings. The summed E-state index contributed by atoms with van der Waals surface area (Å²) in [5.74, 6) is 0.530. The predicted molar refractivity (Wildman–Crippen MR) is 66.3 cm³/mol. The lowest BCUT2D eigenvalue weighted by molar-refractivity contribution is 0.173. The van der Waals surface area contributed by atoms with E-state index in [0.717, 1.165) is 0 Å². The van der Waals surface area contributed by atoms with E-state index >= 15 is 0 Å². The van der Waals surface area contributed by atoms with E-state index in [0.29, 0.717) is 23.5 Å². The Morgan fingerprint density at radius 1 is 1.53 bits per heavy atom. The summed E-state index contributed by atoms with van der Waals surface area (Å²) in [5.41, 5.74) is 0.995. The molecule has 0 amide bonds. The van der Waals surface area contributed by atoms with Crippen LogP contribution in [0.4, 0.5) is 5.69 Å². The fourth-order valence-corrected chi connectivity index (χ4v) is 1.79. The molecule has 2 atom stereocenters. The molecule has 4 N–H and O–H groups in total. The normalized spacial score (nSPS) is 14.1. The van der Waals surface area contributed by atoms with Gasteiger partial charge in [0, 0.05) is 17.8 Å². The van der Waals surface area contributed by atoms with Crippen molar-refractivity contribution in [2.45, 2.75) is 6.10 Å². The Hall–Kier alpha value is -1.15. The molecule has 0 radical (unpaired) electrons. The van der Waals surface area contributed by atoms with Crippen LogP contribution in [0.25, 0.3) is 0 Å². The monoisotopic (exact) mass is 260 g/mol. The number of methoxy groups -OCH3 is 1. The minimum Gasteiger partial charge on any atom is -0.496 e. The first-order chi connectivity index (χ1) is 8.08. The number of aliphatic hydroxyl groups is 1. The van der Waals surface area contributed by atoms with Gasteiger partial charge in [0.25, 0.3) is 11.3 Å². The number of hydrogen-bond acceptors (Lipinski definition) is 4. The zero-order valence-electron chi connectivity index (χ0n) is 9.64. The quantitative estimate of drug-likeness (QED) is 0.559. The maximum atomic E-state index is 10.6. The maximum absolute atomic E-state index is 10.6. The molecule has 0 bridgehead atoms. The summed E-state index contributed by atoms with van der Waals surface area (Å²) in [5, 5.41) is 12.7. The van der Waals surface area contributed by atoms with Gasteiger partial charge in [-0.15, -0.1) is 0 Å². The van der Waals surface area contributed by atoms with Crippen molar-refractivity contribution in [1.29, 1.82) is 0 Å². The highest BCUT2D eigenvalue weighted by Gasteiger charge is 2.13. The van der Waals surface area contributed by atoms with E-state index in [9.17, 15) is 9.32 Å². The van der Waals surface area contributed by atoms with Gasteiger partial charge in [-0.05, 0) is 25.2 Å². The molecule has 7 heteroatoms. The Morgan fingerprint density at radius 3 is 2.76 bits per heavy atom. The Morgan fingerprint density at radius 2 is 2.24 bits per heavy atom. The zero-order valence-corrected chi connectivity index (χ0v) is 10.5. The number of benzene rings is 1. The summed E-state index contributed by atoms with van der Waals surface area (Å²) in [7, 11) is 3.23.